The minimum atomic E-state index is -0.271. The maximum absolute atomic E-state index is 5.75. The Morgan fingerprint density at radius 3 is 1.41 bits per heavy atom. The highest BCUT2D eigenvalue weighted by molar-refractivity contribution is 5.85. The molecule has 2 nitrogen and oxygen atoms in total. The molecule has 1 aliphatic rings. The molecule has 200 valence electrons. The minimum Gasteiger partial charge on any atom is -0.481 e. The normalized spacial score (nSPS) is 10.8. The molecule has 0 spiro atoms. The third-order valence-electron chi connectivity index (χ3n) is 5.94. The number of hydrogen-bond acceptors (Lipinski definition) is 2. The van der Waals surface area contributed by atoms with Gasteiger partial charge in [-0.2, -0.15) is 0 Å². The molecule has 0 saturated heterocycles. The topological polar surface area (TPSA) is 18.5 Å². The summed E-state index contributed by atoms with van der Waals surface area (Å²) < 4.78 is 10.7. The maximum Gasteiger partial charge on any atom is 0.148 e. The average Bonchev–Trinajstić information content (AvgIpc) is 3.26. The standard InChI is InChI=1S/C16H12O2.C16H12.2C2H6.CH4/c1-3-9-17-15-7-5-13-6-8-16(18-10-4-2)12-14(13)11-15;1-3-16(2)14-10-6-4-8-12(14)13-9-5-7-11-15(13)16;2*1-2;/h1-2,5-8,11-12H,9-10H2;1,4-11H,2H3;2*1-2H3;1H4. The van der Waals surface area contributed by atoms with Gasteiger partial charge in [0.05, 0.1) is 5.41 Å². The van der Waals surface area contributed by atoms with Gasteiger partial charge in [-0.15, -0.1) is 19.3 Å². The van der Waals surface area contributed by atoms with Gasteiger partial charge in [-0.3, -0.25) is 0 Å². The molecule has 0 aliphatic heterocycles. The van der Waals surface area contributed by atoms with E-state index in [2.05, 4.69) is 73.2 Å². The van der Waals surface area contributed by atoms with Crippen LogP contribution >= 0.6 is 0 Å². The van der Waals surface area contributed by atoms with Crippen molar-refractivity contribution in [2.24, 2.45) is 0 Å². The summed E-state index contributed by atoms with van der Waals surface area (Å²) in [5.41, 5.74) is 4.78. The first-order chi connectivity index (χ1) is 18.6. The summed E-state index contributed by atoms with van der Waals surface area (Å²) in [6.45, 7) is 10.6. The van der Waals surface area contributed by atoms with Gasteiger partial charge in [0.15, 0.2) is 0 Å². The Kier molecular flexibility index (Phi) is 13.6. The zero-order valence-electron chi connectivity index (χ0n) is 23.0. The van der Waals surface area contributed by atoms with Crippen molar-refractivity contribution in [2.45, 2.75) is 47.5 Å². The second-order valence-corrected chi connectivity index (χ2v) is 8.02. The zero-order valence-corrected chi connectivity index (χ0v) is 23.0. The average molecular weight is 517 g/mol. The predicted molar refractivity (Wildman–Crippen MR) is 169 cm³/mol. The third-order valence-corrected chi connectivity index (χ3v) is 5.94. The first kappa shape index (κ1) is 32.4. The van der Waals surface area contributed by atoms with Gasteiger partial charge in [0.25, 0.3) is 0 Å². The number of fused-ring (bicyclic) bond motifs is 4. The lowest BCUT2D eigenvalue weighted by atomic mass is 9.81. The Morgan fingerprint density at radius 2 is 1.03 bits per heavy atom. The Hall–Kier alpha value is -4.58. The van der Waals surface area contributed by atoms with Gasteiger partial charge in [0.1, 0.15) is 24.7 Å². The molecule has 0 amide bonds. The van der Waals surface area contributed by atoms with Crippen LogP contribution in [0, 0.1) is 37.0 Å². The molecule has 0 radical (unpaired) electrons. The Bertz CT molecular complexity index is 1360. The van der Waals surface area contributed by atoms with Crippen molar-refractivity contribution in [3.05, 3.63) is 96.1 Å². The Morgan fingerprint density at radius 1 is 0.615 bits per heavy atom. The molecule has 0 fully saturated rings. The van der Waals surface area contributed by atoms with E-state index in [9.17, 15) is 0 Å². The lowest BCUT2D eigenvalue weighted by Gasteiger charge is -2.19. The van der Waals surface area contributed by atoms with Gasteiger partial charge < -0.3 is 9.47 Å². The number of benzene rings is 4. The molecule has 39 heavy (non-hydrogen) atoms. The van der Waals surface area contributed by atoms with Crippen LogP contribution in [-0.2, 0) is 5.41 Å². The molecule has 0 saturated carbocycles. The fourth-order valence-electron chi connectivity index (χ4n) is 4.24. The Balaban J connectivity index is 0.000000340. The van der Waals surface area contributed by atoms with Crippen molar-refractivity contribution in [3.63, 3.8) is 0 Å². The van der Waals surface area contributed by atoms with Gasteiger partial charge in [-0.1, -0.05) is 114 Å². The van der Waals surface area contributed by atoms with Crippen LogP contribution in [0.5, 0.6) is 11.5 Å². The second kappa shape index (κ2) is 16.3. The van der Waals surface area contributed by atoms with E-state index in [1.54, 1.807) is 0 Å². The van der Waals surface area contributed by atoms with Crippen LogP contribution < -0.4 is 9.47 Å². The van der Waals surface area contributed by atoms with E-state index in [0.717, 1.165) is 22.3 Å². The molecule has 4 aromatic rings. The van der Waals surface area contributed by atoms with Crippen molar-refractivity contribution in [1.29, 1.82) is 0 Å². The molecule has 5 rings (SSSR count). The van der Waals surface area contributed by atoms with Crippen molar-refractivity contribution in [1.82, 2.24) is 0 Å². The highest BCUT2D eigenvalue weighted by Crippen LogP contribution is 2.47. The van der Waals surface area contributed by atoms with Gasteiger partial charge >= 0.3 is 0 Å². The summed E-state index contributed by atoms with van der Waals surface area (Å²) >= 11 is 0. The van der Waals surface area contributed by atoms with Crippen molar-refractivity contribution in [2.75, 3.05) is 13.2 Å². The van der Waals surface area contributed by atoms with Crippen molar-refractivity contribution < 1.29 is 9.47 Å². The third kappa shape index (κ3) is 7.48. The van der Waals surface area contributed by atoms with Crippen LogP contribution in [0.25, 0.3) is 21.9 Å². The molecular formula is C37H40O2. The first-order valence-electron chi connectivity index (χ1n) is 12.9. The van der Waals surface area contributed by atoms with Crippen LogP contribution in [0.4, 0.5) is 0 Å². The summed E-state index contributed by atoms with van der Waals surface area (Å²) in [7, 11) is 0. The van der Waals surface area contributed by atoms with E-state index in [0.29, 0.717) is 0 Å². The van der Waals surface area contributed by atoms with Crippen LogP contribution in [0.2, 0.25) is 0 Å². The SMILES string of the molecule is C.C#CC1(C)c2ccccc2-c2ccccc21.C#CCOc1ccc2ccc(OCC#C)cc2c1.CC.CC. The first-order valence-corrected chi connectivity index (χ1v) is 12.9. The summed E-state index contributed by atoms with van der Waals surface area (Å²) in [4.78, 5) is 0. The van der Waals surface area contributed by atoms with Gasteiger partial charge in [0, 0.05) is 0 Å². The van der Waals surface area contributed by atoms with E-state index < -0.39 is 0 Å². The molecule has 2 heteroatoms. The zero-order chi connectivity index (χ0) is 28.0. The minimum absolute atomic E-state index is 0. The van der Waals surface area contributed by atoms with E-state index in [1.807, 2.05) is 64.1 Å². The number of terminal acetylenes is 3. The highest BCUT2D eigenvalue weighted by atomic mass is 16.5. The molecule has 1 aliphatic carbocycles. The van der Waals surface area contributed by atoms with Crippen LogP contribution in [-0.4, -0.2) is 13.2 Å². The fraction of sp³-hybridized carbons (Fsp3) is 0.243. The van der Waals surface area contributed by atoms with E-state index in [4.69, 9.17) is 28.7 Å². The van der Waals surface area contributed by atoms with E-state index >= 15 is 0 Å². The molecule has 0 unspecified atom stereocenters. The van der Waals surface area contributed by atoms with Crippen LogP contribution in [0.1, 0.15) is 53.2 Å². The highest BCUT2D eigenvalue weighted by Gasteiger charge is 2.37. The van der Waals surface area contributed by atoms with Crippen molar-refractivity contribution >= 4 is 10.8 Å². The monoisotopic (exact) mass is 516 g/mol. The molecule has 0 bridgehead atoms. The largest absolute Gasteiger partial charge is 0.481 e. The molecular weight excluding hydrogens is 476 g/mol. The fourth-order valence-corrected chi connectivity index (χ4v) is 4.24. The maximum atomic E-state index is 5.75. The second-order valence-electron chi connectivity index (χ2n) is 8.02. The number of rotatable bonds is 4. The van der Waals surface area contributed by atoms with Gasteiger partial charge in [-0.05, 0) is 64.2 Å². The quantitative estimate of drug-likeness (QED) is 0.252. The van der Waals surface area contributed by atoms with E-state index in [-0.39, 0.29) is 26.1 Å². The van der Waals surface area contributed by atoms with E-state index in [1.165, 1.54) is 22.3 Å². The van der Waals surface area contributed by atoms with Crippen LogP contribution in [0.15, 0.2) is 84.9 Å². The summed E-state index contributed by atoms with van der Waals surface area (Å²) in [5.74, 6) is 9.31. The van der Waals surface area contributed by atoms with Gasteiger partial charge in [-0.25, -0.2) is 0 Å². The summed E-state index contributed by atoms with van der Waals surface area (Å²) in [5, 5.41) is 2.13. The molecule has 0 heterocycles. The molecule has 0 N–H and O–H groups in total. The number of hydrogen-bond donors (Lipinski definition) is 0. The number of ether oxygens (including phenoxy) is 2. The lowest BCUT2D eigenvalue weighted by Crippen LogP contribution is -2.17. The molecule has 0 aromatic heterocycles. The summed E-state index contributed by atoms with van der Waals surface area (Å²) in [6, 6.07) is 28.4. The predicted octanol–water partition coefficient (Wildman–Crippen LogP) is 9.16. The summed E-state index contributed by atoms with van der Waals surface area (Å²) in [6.07, 6.45) is 16.1. The van der Waals surface area contributed by atoms with Gasteiger partial charge in [0.2, 0.25) is 0 Å². The van der Waals surface area contributed by atoms with Crippen LogP contribution in [0.3, 0.4) is 0 Å². The molecule has 4 aromatic carbocycles. The van der Waals surface area contributed by atoms with Crippen molar-refractivity contribution in [3.8, 4) is 59.7 Å². The molecule has 0 atom stereocenters. The lowest BCUT2D eigenvalue weighted by molar-refractivity contribution is 0.369. The Labute approximate surface area is 236 Å². The smallest absolute Gasteiger partial charge is 0.148 e.